The van der Waals surface area contributed by atoms with Crippen LogP contribution in [0.25, 0.3) is 0 Å². The third kappa shape index (κ3) is 3.22. The minimum atomic E-state index is 0.0512. The molecule has 2 aromatic rings. The maximum Gasteiger partial charge on any atom is 0.246 e. The number of nitrogens with zero attached hydrogens (tertiary/aromatic N) is 4. The third-order valence-electron chi connectivity index (χ3n) is 5.18. The molecule has 26 heavy (non-hydrogen) atoms. The first kappa shape index (κ1) is 16.8. The number of benzene rings is 1. The van der Waals surface area contributed by atoms with Crippen molar-refractivity contribution < 1.29 is 9.53 Å². The van der Waals surface area contributed by atoms with E-state index in [-0.39, 0.29) is 11.9 Å². The zero-order valence-electron chi connectivity index (χ0n) is 14.8. The van der Waals surface area contributed by atoms with E-state index in [0.29, 0.717) is 19.0 Å². The lowest BCUT2D eigenvalue weighted by atomic mass is 9.78. The van der Waals surface area contributed by atoms with Gasteiger partial charge in [-0.3, -0.25) is 4.79 Å². The van der Waals surface area contributed by atoms with Gasteiger partial charge >= 0.3 is 0 Å². The first-order valence-corrected chi connectivity index (χ1v) is 8.91. The van der Waals surface area contributed by atoms with Crippen LogP contribution >= 0.6 is 0 Å². The number of hydrogen-bond acceptors (Lipinski definition) is 6. The van der Waals surface area contributed by atoms with Gasteiger partial charge in [0.05, 0.1) is 13.7 Å². The second-order valence-electron chi connectivity index (χ2n) is 6.90. The van der Waals surface area contributed by atoms with E-state index in [9.17, 15) is 4.79 Å². The van der Waals surface area contributed by atoms with Crippen molar-refractivity contribution in [1.82, 2.24) is 9.97 Å². The van der Waals surface area contributed by atoms with Gasteiger partial charge in [0.25, 0.3) is 0 Å². The van der Waals surface area contributed by atoms with Crippen LogP contribution in [-0.4, -0.2) is 48.7 Å². The van der Waals surface area contributed by atoms with E-state index in [1.165, 1.54) is 0 Å². The molecule has 1 aliphatic heterocycles. The number of carbonyl (C=O) groups excluding carboxylic acids is 1. The first-order valence-electron chi connectivity index (χ1n) is 8.91. The Morgan fingerprint density at radius 2 is 2.04 bits per heavy atom. The van der Waals surface area contributed by atoms with Crippen LogP contribution in [0.2, 0.25) is 0 Å². The van der Waals surface area contributed by atoms with Crippen molar-refractivity contribution in [3.8, 4) is 5.75 Å². The predicted molar refractivity (Wildman–Crippen MR) is 99.5 cm³/mol. The van der Waals surface area contributed by atoms with Gasteiger partial charge in [0.15, 0.2) is 0 Å². The van der Waals surface area contributed by atoms with Crippen LogP contribution in [0.15, 0.2) is 36.7 Å². The highest BCUT2D eigenvalue weighted by Crippen LogP contribution is 2.35. The van der Waals surface area contributed by atoms with Crippen molar-refractivity contribution in [2.75, 3.05) is 36.5 Å². The van der Waals surface area contributed by atoms with Crippen LogP contribution in [0.3, 0.4) is 0 Å². The molecule has 136 valence electrons. The SMILES string of the molecule is COc1cccc(N2CCN(c3cc(C4CC(N)C4)ncn3)CC2=O)c1. The normalized spacial score (nSPS) is 22.9. The molecular formula is C19H23N5O2. The highest BCUT2D eigenvalue weighted by molar-refractivity contribution is 5.97. The van der Waals surface area contributed by atoms with Crippen molar-refractivity contribution >= 4 is 17.4 Å². The van der Waals surface area contributed by atoms with Gasteiger partial charge in [-0.25, -0.2) is 9.97 Å². The number of rotatable bonds is 4. The summed E-state index contributed by atoms with van der Waals surface area (Å²) >= 11 is 0. The van der Waals surface area contributed by atoms with E-state index >= 15 is 0 Å². The van der Waals surface area contributed by atoms with Crippen LogP contribution in [0.1, 0.15) is 24.5 Å². The maximum atomic E-state index is 12.7. The largest absolute Gasteiger partial charge is 0.497 e. The second kappa shape index (κ2) is 6.92. The van der Waals surface area contributed by atoms with E-state index < -0.39 is 0 Å². The number of anilines is 2. The number of hydrogen-bond donors (Lipinski definition) is 1. The fourth-order valence-corrected chi connectivity index (χ4v) is 3.58. The van der Waals surface area contributed by atoms with Crippen LogP contribution in [0.4, 0.5) is 11.5 Å². The molecule has 1 saturated carbocycles. The molecule has 0 radical (unpaired) electrons. The van der Waals surface area contributed by atoms with Gasteiger partial charge in [-0.15, -0.1) is 0 Å². The monoisotopic (exact) mass is 353 g/mol. The Balaban J connectivity index is 1.47. The van der Waals surface area contributed by atoms with Crippen LogP contribution in [-0.2, 0) is 4.79 Å². The summed E-state index contributed by atoms with van der Waals surface area (Å²) in [7, 11) is 1.63. The van der Waals surface area contributed by atoms with Gasteiger partial charge in [-0.1, -0.05) is 6.07 Å². The zero-order valence-corrected chi connectivity index (χ0v) is 14.8. The molecule has 1 aromatic heterocycles. The minimum Gasteiger partial charge on any atom is -0.497 e. The van der Waals surface area contributed by atoms with E-state index in [1.54, 1.807) is 18.3 Å². The zero-order chi connectivity index (χ0) is 18.1. The molecular weight excluding hydrogens is 330 g/mol. The van der Waals surface area contributed by atoms with Crippen molar-refractivity contribution in [3.05, 3.63) is 42.4 Å². The Hall–Kier alpha value is -2.67. The number of ether oxygens (including phenoxy) is 1. The van der Waals surface area contributed by atoms with Gasteiger partial charge < -0.3 is 20.3 Å². The number of amides is 1. The van der Waals surface area contributed by atoms with Crippen LogP contribution in [0, 0.1) is 0 Å². The number of nitrogens with two attached hydrogens (primary N) is 1. The lowest BCUT2D eigenvalue weighted by Crippen LogP contribution is -2.51. The van der Waals surface area contributed by atoms with Gasteiger partial charge in [0.2, 0.25) is 5.91 Å². The van der Waals surface area contributed by atoms with E-state index in [0.717, 1.165) is 42.3 Å². The van der Waals surface area contributed by atoms with Crippen molar-refractivity contribution in [2.45, 2.75) is 24.8 Å². The quantitative estimate of drug-likeness (QED) is 0.898. The van der Waals surface area contributed by atoms with E-state index in [1.807, 2.05) is 35.2 Å². The lowest BCUT2D eigenvalue weighted by molar-refractivity contribution is -0.117. The highest BCUT2D eigenvalue weighted by Gasteiger charge is 2.30. The molecule has 0 unspecified atom stereocenters. The molecule has 1 amide bonds. The number of piperazine rings is 1. The molecule has 2 fully saturated rings. The molecule has 1 aliphatic carbocycles. The van der Waals surface area contributed by atoms with Crippen LogP contribution < -0.4 is 20.3 Å². The summed E-state index contributed by atoms with van der Waals surface area (Å²) in [6, 6.07) is 9.87. The van der Waals surface area contributed by atoms with Crippen molar-refractivity contribution in [2.24, 2.45) is 5.73 Å². The number of carbonyl (C=O) groups is 1. The fourth-order valence-electron chi connectivity index (χ4n) is 3.58. The maximum absolute atomic E-state index is 12.7. The summed E-state index contributed by atoms with van der Waals surface area (Å²) in [6.45, 7) is 1.64. The standard InChI is InChI=1S/C19H23N5O2/c1-26-16-4-2-3-15(9-16)24-6-5-23(11-19(24)25)18-10-17(21-12-22-18)13-7-14(20)8-13/h2-4,9-10,12-14H,5-8,11,20H2,1H3. The Bertz CT molecular complexity index is 806. The fraction of sp³-hybridized carbons (Fsp3) is 0.421. The Morgan fingerprint density at radius 1 is 1.19 bits per heavy atom. The number of aromatic nitrogens is 2. The molecule has 2 aliphatic rings. The molecule has 1 aromatic carbocycles. The average molecular weight is 353 g/mol. The summed E-state index contributed by atoms with van der Waals surface area (Å²) in [5.74, 6) is 2.03. The molecule has 0 spiro atoms. The first-order chi connectivity index (χ1) is 12.6. The van der Waals surface area contributed by atoms with Crippen LogP contribution in [0.5, 0.6) is 5.75 Å². The minimum absolute atomic E-state index is 0.0512. The Labute approximate surface area is 152 Å². The van der Waals surface area contributed by atoms with Gasteiger partial charge in [0.1, 0.15) is 17.9 Å². The van der Waals surface area contributed by atoms with E-state index in [2.05, 4.69) is 9.97 Å². The van der Waals surface area contributed by atoms with Crippen molar-refractivity contribution in [1.29, 1.82) is 0 Å². The molecule has 0 atom stereocenters. The van der Waals surface area contributed by atoms with Gasteiger partial charge in [-0.05, 0) is 25.0 Å². The van der Waals surface area contributed by atoms with Gasteiger partial charge in [-0.2, -0.15) is 0 Å². The number of methoxy groups -OCH3 is 1. The molecule has 7 nitrogen and oxygen atoms in total. The summed E-state index contributed by atoms with van der Waals surface area (Å²) < 4.78 is 5.26. The summed E-state index contributed by atoms with van der Waals surface area (Å²) in [5.41, 5.74) is 7.77. The molecule has 7 heteroatoms. The van der Waals surface area contributed by atoms with E-state index in [4.69, 9.17) is 10.5 Å². The summed E-state index contributed by atoms with van der Waals surface area (Å²) in [6.07, 6.45) is 3.53. The second-order valence-corrected chi connectivity index (χ2v) is 6.90. The summed E-state index contributed by atoms with van der Waals surface area (Å²) in [5, 5.41) is 0. The molecule has 0 bridgehead atoms. The average Bonchev–Trinajstić information content (AvgIpc) is 2.65. The Morgan fingerprint density at radius 3 is 2.77 bits per heavy atom. The highest BCUT2D eigenvalue weighted by atomic mass is 16.5. The van der Waals surface area contributed by atoms with Crippen molar-refractivity contribution in [3.63, 3.8) is 0 Å². The molecule has 2 N–H and O–H groups in total. The topological polar surface area (TPSA) is 84.6 Å². The lowest BCUT2D eigenvalue weighted by Gasteiger charge is -2.36. The molecule has 2 heterocycles. The van der Waals surface area contributed by atoms with Gasteiger partial charge in [0, 0.05) is 48.6 Å². The third-order valence-corrected chi connectivity index (χ3v) is 5.18. The smallest absolute Gasteiger partial charge is 0.246 e. The summed E-state index contributed by atoms with van der Waals surface area (Å²) in [4.78, 5) is 25.3. The molecule has 4 rings (SSSR count). The Kier molecular flexibility index (Phi) is 4.46. The predicted octanol–water partition coefficient (Wildman–Crippen LogP) is 1.54. The molecule has 1 saturated heterocycles.